The Kier molecular flexibility index (Phi) is 11.0. The summed E-state index contributed by atoms with van der Waals surface area (Å²) in [7, 11) is 3.94. The number of amides is 1. The third kappa shape index (κ3) is 7.48. The van der Waals surface area contributed by atoms with Gasteiger partial charge in [0.25, 0.3) is 5.91 Å². The maximum Gasteiger partial charge on any atom is 0.290 e. The van der Waals surface area contributed by atoms with E-state index in [4.69, 9.17) is 9.47 Å². The Morgan fingerprint density at radius 3 is 2.47 bits per heavy atom. The molecular weight excluding hydrogens is 480 g/mol. The van der Waals surface area contributed by atoms with E-state index in [1.165, 1.54) is 6.08 Å². The maximum absolute atomic E-state index is 13.4. The monoisotopic (exact) mass is 520 g/mol. The number of aliphatic hydroxyl groups is 1. The Bertz CT molecular complexity index is 1140. The van der Waals surface area contributed by atoms with Gasteiger partial charge >= 0.3 is 0 Å². The number of ketones is 1. The van der Waals surface area contributed by atoms with Crippen LogP contribution in [0.25, 0.3) is 6.08 Å². The zero-order chi connectivity index (χ0) is 27.5. The summed E-state index contributed by atoms with van der Waals surface area (Å²) >= 11 is 0. The molecule has 1 aliphatic rings. The van der Waals surface area contributed by atoms with Gasteiger partial charge in [0.2, 0.25) is 0 Å². The first-order valence-electron chi connectivity index (χ1n) is 13.4. The molecule has 7 heteroatoms. The molecule has 2 aromatic rings. The number of unbranched alkanes of at least 4 members (excludes halogenated alkanes) is 2. The molecule has 1 aliphatic heterocycles. The van der Waals surface area contributed by atoms with Crippen molar-refractivity contribution in [3.8, 4) is 11.5 Å². The third-order valence-electron chi connectivity index (χ3n) is 6.39. The van der Waals surface area contributed by atoms with Gasteiger partial charge in [-0.2, -0.15) is 0 Å². The van der Waals surface area contributed by atoms with Crippen molar-refractivity contribution < 1.29 is 24.2 Å². The molecule has 0 saturated carbocycles. The largest absolute Gasteiger partial charge is 0.503 e. The summed E-state index contributed by atoms with van der Waals surface area (Å²) in [5.74, 6) is -0.262. The van der Waals surface area contributed by atoms with E-state index in [9.17, 15) is 14.7 Å². The molecule has 204 valence electrons. The number of nitrogens with zero attached hydrogens (tertiary/aromatic N) is 2. The van der Waals surface area contributed by atoms with E-state index in [0.29, 0.717) is 43.2 Å². The van der Waals surface area contributed by atoms with Crippen LogP contribution in [-0.4, -0.2) is 67.0 Å². The molecule has 1 heterocycles. The second kappa shape index (κ2) is 14.4. The number of carbonyl (C=O) groups excluding carboxylic acids is 2. The smallest absolute Gasteiger partial charge is 0.290 e. The Labute approximate surface area is 226 Å². The van der Waals surface area contributed by atoms with E-state index in [0.717, 1.165) is 31.4 Å². The fourth-order valence-electron chi connectivity index (χ4n) is 4.48. The van der Waals surface area contributed by atoms with Gasteiger partial charge in [0, 0.05) is 6.54 Å². The minimum atomic E-state index is -0.731. The zero-order valence-electron chi connectivity index (χ0n) is 23.0. The van der Waals surface area contributed by atoms with E-state index >= 15 is 0 Å². The highest BCUT2D eigenvalue weighted by Gasteiger charge is 2.42. The molecule has 1 atom stereocenters. The third-order valence-corrected chi connectivity index (χ3v) is 6.39. The van der Waals surface area contributed by atoms with Crippen LogP contribution in [0.1, 0.15) is 56.7 Å². The van der Waals surface area contributed by atoms with Crippen LogP contribution in [0.2, 0.25) is 0 Å². The zero-order valence-corrected chi connectivity index (χ0v) is 23.0. The van der Waals surface area contributed by atoms with Crippen molar-refractivity contribution in [3.63, 3.8) is 0 Å². The first kappa shape index (κ1) is 29.0. The number of rotatable bonds is 15. The number of ether oxygens (including phenoxy) is 2. The van der Waals surface area contributed by atoms with Crippen LogP contribution in [0, 0.1) is 0 Å². The first-order valence-corrected chi connectivity index (χ1v) is 13.4. The normalized spacial score (nSPS) is 15.7. The highest BCUT2D eigenvalue weighted by Crippen LogP contribution is 2.41. The van der Waals surface area contributed by atoms with Crippen LogP contribution in [0.3, 0.4) is 0 Å². The maximum atomic E-state index is 13.4. The molecule has 2 aromatic carbocycles. The minimum Gasteiger partial charge on any atom is -0.503 e. The highest BCUT2D eigenvalue weighted by molar-refractivity contribution is 6.14. The van der Waals surface area contributed by atoms with Crippen molar-refractivity contribution in [2.45, 2.75) is 45.6 Å². The molecule has 38 heavy (non-hydrogen) atoms. The highest BCUT2D eigenvalue weighted by atomic mass is 16.5. The lowest BCUT2D eigenvalue weighted by atomic mass is 9.95. The number of benzene rings is 2. The number of allylic oxidation sites excluding steroid dienone is 1. The fraction of sp³-hybridized carbons (Fsp3) is 0.419. The Morgan fingerprint density at radius 1 is 1.03 bits per heavy atom. The van der Waals surface area contributed by atoms with Crippen LogP contribution in [0.5, 0.6) is 11.5 Å². The second-order valence-corrected chi connectivity index (χ2v) is 9.62. The average molecular weight is 521 g/mol. The molecule has 0 bridgehead atoms. The lowest BCUT2D eigenvalue weighted by Gasteiger charge is -2.28. The molecule has 0 spiro atoms. The van der Waals surface area contributed by atoms with E-state index < -0.39 is 23.5 Å². The van der Waals surface area contributed by atoms with Gasteiger partial charge in [0.05, 0.1) is 24.8 Å². The average Bonchev–Trinajstić information content (AvgIpc) is 3.16. The SMILES string of the molecule is CCCCCOc1ccc(C2C(C(=O)/C=C/c3ccccc3)=C(O)C(=O)N2CCCN(C)C)cc1OCC. The van der Waals surface area contributed by atoms with E-state index in [1.54, 1.807) is 11.0 Å². The van der Waals surface area contributed by atoms with E-state index in [1.807, 2.05) is 74.4 Å². The van der Waals surface area contributed by atoms with Gasteiger partial charge < -0.3 is 24.4 Å². The topological polar surface area (TPSA) is 79.3 Å². The number of aliphatic hydroxyl groups excluding tert-OH is 1. The Morgan fingerprint density at radius 2 is 1.79 bits per heavy atom. The Hall–Kier alpha value is -3.58. The van der Waals surface area contributed by atoms with Gasteiger partial charge in [-0.15, -0.1) is 0 Å². The van der Waals surface area contributed by atoms with Crippen LogP contribution in [0.4, 0.5) is 0 Å². The second-order valence-electron chi connectivity index (χ2n) is 9.62. The molecule has 0 saturated heterocycles. The van der Waals surface area contributed by atoms with Gasteiger partial charge in [-0.1, -0.05) is 62.2 Å². The van der Waals surface area contributed by atoms with Gasteiger partial charge in [0.1, 0.15) is 0 Å². The molecule has 7 nitrogen and oxygen atoms in total. The molecule has 3 rings (SSSR count). The van der Waals surface area contributed by atoms with Gasteiger partial charge in [-0.3, -0.25) is 9.59 Å². The lowest BCUT2D eigenvalue weighted by Crippen LogP contribution is -2.33. The lowest BCUT2D eigenvalue weighted by molar-refractivity contribution is -0.129. The molecule has 1 amide bonds. The van der Waals surface area contributed by atoms with Crippen LogP contribution in [0.15, 0.2) is 65.9 Å². The van der Waals surface area contributed by atoms with Crippen molar-refractivity contribution in [1.82, 2.24) is 9.80 Å². The molecule has 1 N–H and O–H groups in total. The van der Waals surface area contributed by atoms with Crippen molar-refractivity contribution in [2.24, 2.45) is 0 Å². The van der Waals surface area contributed by atoms with Crippen molar-refractivity contribution in [1.29, 1.82) is 0 Å². The fourth-order valence-corrected chi connectivity index (χ4v) is 4.48. The summed E-state index contributed by atoms with van der Waals surface area (Å²) in [6, 6.07) is 14.2. The summed E-state index contributed by atoms with van der Waals surface area (Å²) in [5.41, 5.74) is 1.62. The van der Waals surface area contributed by atoms with Gasteiger partial charge in [-0.25, -0.2) is 0 Å². The summed E-state index contributed by atoms with van der Waals surface area (Å²) in [6.45, 7) is 6.23. The first-order chi connectivity index (χ1) is 18.4. The van der Waals surface area contributed by atoms with Crippen LogP contribution in [-0.2, 0) is 9.59 Å². The summed E-state index contributed by atoms with van der Waals surface area (Å²) in [5, 5.41) is 10.9. The standard InChI is InChI=1S/C31H40N2O5/c1-5-7-11-21-38-26-18-16-24(22-27(26)37-6-2)29-28(25(34)17-15-23-13-9-8-10-14-23)30(35)31(36)33(29)20-12-19-32(3)4/h8-10,13-18,22,29,35H,5-7,11-12,19-21H2,1-4H3/b17-15+. The molecule has 0 aromatic heterocycles. The van der Waals surface area contributed by atoms with Gasteiger partial charge in [0.15, 0.2) is 23.0 Å². The summed E-state index contributed by atoms with van der Waals surface area (Å²) in [6.07, 6.45) is 6.94. The Balaban J connectivity index is 1.97. The number of hydrogen-bond acceptors (Lipinski definition) is 6. The van der Waals surface area contributed by atoms with E-state index in [-0.39, 0.29) is 5.57 Å². The minimum absolute atomic E-state index is 0.0751. The molecule has 0 fully saturated rings. The molecule has 0 aliphatic carbocycles. The van der Waals surface area contributed by atoms with Crippen molar-refractivity contribution in [3.05, 3.63) is 77.1 Å². The number of hydrogen-bond donors (Lipinski definition) is 1. The van der Waals surface area contributed by atoms with E-state index in [2.05, 4.69) is 6.92 Å². The number of carbonyl (C=O) groups is 2. The van der Waals surface area contributed by atoms with Crippen molar-refractivity contribution >= 4 is 17.8 Å². The predicted molar refractivity (Wildman–Crippen MR) is 150 cm³/mol. The van der Waals surface area contributed by atoms with Crippen molar-refractivity contribution in [2.75, 3.05) is 40.4 Å². The molecular formula is C31H40N2O5. The molecule has 0 radical (unpaired) electrons. The quantitative estimate of drug-likeness (QED) is 0.244. The van der Waals surface area contributed by atoms with Crippen LogP contribution < -0.4 is 9.47 Å². The van der Waals surface area contributed by atoms with Crippen LogP contribution >= 0.6 is 0 Å². The van der Waals surface area contributed by atoms with Gasteiger partial charge in [-0.05, 0) is 69.7 Å². The summed E-state index contributed by atoms with van der Waals surface area (Å²) < 4.78 is 11.9. The predicted octanol–water partition coefficient (Wildman–Crippen LogP) is 5.58. The summed E-state index contributed by atoms with van der Waals surface area (Å²) in [4.78, 5) is 30.2. The molecule has 1 unspecified atom stereocenters.